The highest BCUT2D eigenvalue weighted by Crippen LogP contribution is 2.33. The van der Waals surface area contributed by atoms with Crippen molar-refractivity contribution in [3.63, 3.8) is 0 Å². The summed E-state index contributed by atoms with van der Waals surface area (Å²) in [5.74, 6) is 0.598. The lowest BCUT2D eigenvalue weighted by Gasteiger charge is -2.29. The van der Waals surface area contributed by atoms with E-state index in [0.717, 1.165) is 31.5 Å². The first-order valence-corrected chi connectivity index (χ1v) is 8.05. The molecule has 0 unspecified atom stereocenters. The first-order valence-electron chi connectivity index (χ1n) is 7.67. The Hall–Kier alpha value is -1.92. The monoisotopic (exact) mass is 333 g/mol. The van der Waals surface area contributed by atoms with Crippen LogP contribution in [0.4, 0.5) is 5.95 Å². The average Bonchev–Trinajstić information content (AvgIpc) is 2.48. The first-order chi connectivity index (χ1) is 11.0. The summed E-state index contributed by atoms with van der Waals surface area (Å²) in [6, 6.07) is 3.62. The molecule has 1 fully saturated rings. The van der Waals surface area contributed by atoms with E-state index in [1.807, 2.05) is 6.92 Å². The van der Waals surface area contributed by atoms with Crippen LogP contribution in [-0.4, -0.2) is 51.4 Å². The second kappa shape index (κ2) is 6.68. The summed E-state index contributed by atoms with van der Waals surface area (Å²) in [6.07, 6.45) is 3.89. The minimum absolute atomic E-state index is 0.0840. The van der Waals surface area contributed by atoms with E-state index in [0.29, 0.717) is 28.3 Å². The van der Waals surface area contributed by atoms with Gasteiger partial charge in [-0.1, -0.05) is 11.6 Å². The number of phenolic OH excluding ortho intramolecular Hbond substituents is 1. The van der Waals surface area contributed by atoms with Gasteiger partial charge < -0.3 is 15.3 Å². The molecule has 0 bridgehead atoms. The molecule has 0 aliphatic carbocycles. The Morgan fingerprint density at radius 1 is 1.35 bits per heavy atom. The normalized spacial score (nSPS) is 18.8. The maximum absolute atomic E-state index is 10.1. The fraction of sp³-hybridized carbons (Fsp3) is 0.438. The predicted molar refractivity (Wildman–Crippen MR) is 90.8 cm³/mol. The third-order valence-corrected chi connectivity index (χ3v) is 4.27. The van der Waals surface area contributed by atoms with Gasteiger partial charge in [-0.25, -0.2) is 4.98 Å². The van der Waals surface area contributed by atoms with Crippen molar-refractivity contribution in [2.45, 2.75) is 25.8 Å². The van der Waals surface area contributed by atoms with E-state index in [-0.39, 0.29) is 5.75 Å². The Kier molecular flexibility index (Phi) is 4.63. The number of aromatic nitrogens is 3. The van der Waals surface area contributed by atoms with E-state index in [1.165, 1.54) is 6.07 Å². The summed E-state index contributed by atoms with van der Waals surface area (Å²) in [5.41, 5.74) is 1.97. The highest BCUT2D eigenvalue weighted by Gasteiger charge is 2.18. The highest BCUT2D eigenvalue weighted by molar-refractivity contribution is 6.31. The molecule has 2 N–H and O–H groups in total. The molecule has 7 heteroatoms. The quantitative estimate of drug-likeness (QED) is 0.899. The fourth-order valence-electron chi connectivity index (χ4n) is 2.98. The standard InChI is InChI=1S/C16H20ClN5O/c1-10-6-11(17)7-14(23)15(10)13-8-18-16(21-20-13)19-12-4-3-5-22(2)9-12/h6-8,12,23H,3-5,9H2,1-2H3,(H,18,19,21)/t12-/m1/s1. The van der Waals surface area contributed by atoms with E-state index >= 15 is 0 Å². The van der Waals surface area contributed by atoms with Crippen LogP contribution in [0.1, 0.15) is 18.4 Å². The van der Waals surface area contributed by atoms with Crippen molar-refractivity contribution in [2.75, 3.05) is 25.5 Å². The van der Waals surface area contributed by atoms with Crippen LogP contribution in [-0.2, 0) is 0 Å². The number of aryl methyl sites for hydroxylation is 1. The van der Waals surface area contributed by atoms with Gasteiger partial charge in [0.05, 0.1) is 6.20 Å². The second-order valence-electron chi connectivity index (χ2n) is 6.03. The number of piperidine rings is 1. The molecule has 2 aromatic rings. The van der Waals surface area contributed by atoms with Gasteiger partial charge >= 0.3 is 0 Å². The van der Waals surface area contributed by atoms with Gasteiger partial charge in [0.1, 0.15) is 11.4 Å². The zero-order valence-corrected chi connectivity index (χ0v) is 14.0. The number of benzene rings is 1. The number of rotatable bonds is 3. The van der Waals surface area contributed by atoms with Gasteiger partial charge in [0.2, 0.25) is 5.95 Å². The van der Waals surface area contributed by atoms with Gasteiger partial charge in [-0.2, -0.15) is 0 Å². The third kappa shape index (κ3) is 3.71. The summed E-state index contributed by atoms with van der Waals surface area (Å²) in [6.45, 7) is 3.97. The van der Waals surface area contributed by atoms with Crippen LogP contribution >= 0.6 is 11.6 Å². The van der Waals surface area contributed by atoms with Gasteiger partial charge in [0.25, 0.3) is 0 Å². The van der Waals surface area contributed by atoms with Crippen LogP contribution in [0.2, 0.25) is 5.02 Å². The molecular formula is C16H20ClN5O. The number of phenols is 1. The summed E-state index contributed by atoms with van der Waals surface area (Å²) < 4.78 is 0. The SMILES string of the molecule is Cc1cc(Cl)cc(O)c1-c1cnc(N[C@@H]2CCCN(C)C2)nn1. The number of hydrogen-bond donors (Lipinski definition) is 2. The molecule has 1 aromatic carbocycles. The minimum Gasteiger partial charge on any atom is -0.507 e. The number of halogens is 1. The summed E-state index contributed by atoms with van der Waals surface area (Å²) in [5, 5.41) is 22.2. The van der Waals surface area contributed by atoms with Crippen LogP contribution in [0.3, 0.4) is 0 Å². The van der Waals surface area contributed by atoms with E-state index in [9.17, 15) is 5.11 Å². The molecule has 0 saturated carbocycles. The van der Waals surface area contributed by atoms with Crippen molar-refractivity contribution in [1.29, 1.82) is 0 Å². The second-order valence-corrected chi connectivity index (χ2v) is 6.47. The summed E-state index contributed by atoms with van der Waals surface area (Å²) in [7, 11) is 2.11. The van der Waals surface area contributed by atoms with Crippen molar-refractivity contribution < 1.29 is 5.11 Å². The zero-order chi connectivity index (χ0) is 16.4. The predicted octanol–water partition coefficient (Wildman–Crippen LogP) is 2.71. The summed E-state index contributed by atoms with van der Waals surface area (Å²) in [4.78, 5) is 6.62. The van der Waals surface area contributed by atoms with Gasteiger partial charge in [0, 0.05) is 23.2 Å². The number of hydrogen-bond acceptors (Lipinski definition) is 6. The number of likely N-dealkylation sites (N-methyl/N-ethyl adjacent to an activating group) is 1. The van der Waals surface area contributed by atoms with Gasteiger partial charge in [-0.3, -0.25) is 0 Å². The van der Waals surface area contributed by atoms with Crippen molar-refractivity contribution in [3.8, 4) is 17.0 Å². The Morgan fingerprint density at radius 2 is 2.17 bits per heavy atom. The number of anilines is 1. The topological polar surface area (TPSA) is 74.2 Å². The maximum atomic E-state index is 10.1. The molecular weight excluding hydrogens is 314 g/mol. The minimum atomic E-state index is 0.0840. The Bertz CT molecular complexity index is 668. The molecule has 6 nitrogen and oxygen atoms in total. The first kappa shape index (κ1) is 16.0. The van der Waals surface area contributed by atoms with Crippen LogP contribution < -0.4 is 5.32 Å². The van der Waals surface area contributed by atoms with Crippen LogP contribution in [0.5, 0.6) is 5.75 Å². The average molecular weight is 334 g/mol. The summed E-state index contributed by atoms with van der Waals surface area (Å²) >= 11 is 5.93. The molecule has 1 aliphatic rings. The number of aromatic hydroxyl groups is 1. The van der Waals surface area contributed by atoms with E-state index in [1.54, 1.807) is 12.3 Å². The van der Waals surface area contributed by atoms with Crippen LogP contribution in [0.15, 0.2) is 18.3 Å². The van der Waals surface area contributed by atoms with Crippen LogP contribution in [0, 0.1) is 6.92 Å². The van der Waals surface area contributed by atoms with Gasteiger partial charge in [0.15, 0.2) is 0 Å². The number of nitrogens with zero attached hydrogens (tertiary/aromatic N) is 4. The van der Waals surface area contributed by atoms with Crippen molar-refractivity contribution >= 4 is 17.5 Å². The van der Waals surface area contributed by atoms with Crippen molar-refractivity contribution in [2.24, 2.45) is 0 Å². The van der Waals surface area contributed by atoms with Gasteiger partial charge in [-0.15, -0.1) is 10.2 Å². The van der Waals surface area contributed by atoms with Gasteiger partial charge in [-0.05, 0) is 51.1 Å². The van der Waals surface area contributed by atoms with Crippen molar-refractivity contribution in [3.05, 3.63) is 28.9 Å². The molecule has 2 heterocycles. The molecule has 122 valence electrons. The fourth-order valence-corrected chi connectivity index (χ4v) is 3.25. The van der Waals surface area contributed by atoms with E-state index in [2.05, 4.69) is 32.4 Å². The van der Waals surface area contributed by atoms with E-state index < -0.39 is 0 Å². The lowest BCUT2D eigenvalue weighted by atomic mass is 10.1. The lowest BCUT2D eigenvalue weighted by Crippen LogP contribution is -2.40. The van der Waals surface area contributed by atoms with E-state index in [4.69, 9.17) is 11.6 Å². The molecule has 1 atom stereocenters. The molecule has 1 aromatic heterocycles. The highest BCUT2D eigenvalue weighted by atomic mass is 35.5. The number of nitrogens with one attached hydrogen (secondary N) is 1. The molecule has 0 amide bonds. The molecule has 0 spiro atoms. The molecule has 0 radical (unpaired) electrons. The molecule has 23 heavy (non-hydrogen) atoms. The van der Waals surface area contributed by atoms with Crippen molar-refractivity contribution in [1.82, 2.24) is 20.1 Å². The lowest BCUT2D eigenvalue weighted by molar-refractivity contribution is 0.260. The molecule has 3 rings (SSSR count). The third-order valence-electron chi connectivity index (χ3n) is 4.05. The molecule has 1 saturated heterocycles. The Balaban J connectivity index is 1.77. The van der Waals surface area contributed by atoms with Crippen LogP contribution in [0.25, 0.3) is 11.3 Å². The number of likely N-dealkylation sites (tertiary alicyclic amines) is 1. The molecule has 1 aliphatic heterocycles. The maximum Gasteiger partial charge on any atom is 0.242 e. The Labute approximate surface area is 140 Å². The zero-order valence-electron chi connectivity index (χ0n) is 13.3. The largest absolute Gasteiger partial charge is 0.507 e. The Morgan fingerprint density at radius 3 is 2.83 bits per heavy atom. The smallest absolute Gasteiger partial charge is 0.242 e.